The van der Waals surface area contributed by atoms with Gasteiger partial charge in [-0.25, -0.2) is 0 Å². The first kappa shape index (κ1) is 15.6. The molecule has 5 heteroatoms. The summed E-state index contributed by atoms with van der Waals surface area (Å²) in [5, 5.41) is 3.82. The van der Waals surface area contributed by atoms with Crippen molar-refractivity contribution in [2.24, 2.45) is 5.92 Å². The number of rotatable bonds is 3. The Morgan fingerprint density at radius 2 is 2.20 bits per heavy atom. The second-order valence-electron chi connectivity index (χ2n) is 5.58. The van der Waals surface area contributed by atoms with E-state index in [1.165, 1.54) is 6.42 Å². The highest BCUT2D eigenvalue weighted by molar-refractivity contribution is 6.40. The molecule has 20 heavy (non-hydrogen) atoms. The van der Waals surface area contributed by atoms with Crippen molar-refractivity contribution >= 4 is 34.8 Å². The molecule has 0 bridgehead atoms. The number of piperidine rings is 1. The van der Waals surface area contributed by atoms with Gasteiger partial charge in [-0.2, -0.15) is 0 Å². The van der Waals surface area contributed by atoms with Crippen LogP contribution in [0.15, 0.2) is 12.1 Å². The molecule has 1 N–H and O–H groups in total. The Labute approximate surface area is 130 Å². The van der Waals surface area contributed by atoms with Gasteiger partial charge >= 0.3 is 0 Å². The first-order valence-electron chi connectivity index (χ1n) is 6.94. The Morgan fingerprint density at radius 3 is 2.90 bits per heavy atom. The van der Waals surface area contributed by atoms with Crippen LogP contribution < -0.4 is 5.32 Å². The average Bonchev–Trinajstić information content (AvgIpc) is 2.39. The molecule has 0 spiro atoms. The van der Waals surface area contributed by atoms with Gasteiger partial charge in [0, 0.05) is 6.54 Å². The molecule has 0 unspecified atom stereocenters. The van der Waals surface area contributed by atoms with E-state index < -0.39 is 0 Å². The van der Waals surface area contributed by atoms with E-state index >= 15 is 0 Å². The van der Waals surface area contributed by atoms with Crippen LogP contribution in [0, 0.1) is 12.8 Å². The van der Waals surface area contributed by atoms with E-state index in [2.05, 4.69) is 17.1 Å². The first-order valence-corrected chi connectivity index (χ1v) is 7.69. The summed E-state index contributed by atoms with van der Waals surface area (Å²) in [5.41, 5.74) is 1.42. The number of nitrogens with one attached hydrogen (secondary N) is 1. The van der Waals surface area contributed by atoms with Crippen LogP contribution in [-0.2, 0) is 4.79 Å². The second kappa shape index (κ2) is 6.79. The van der Waals surface area contributed by atoms with E-state index in [1.807, 2.05) is 13.0 Å². The zero-order valence-corrected chi connectivity index (χ0v) is 13.4. The molecule has 2 rings (SSSR count). The van der Waals surface area contributed by atoms with Crippen LogP contribution in [0.4, 0.5) is 5.69 Å². The van der Waals surface area contributed by atoms with E-state index in [1.54, 1.807) is 6.07 Å². The Morgan fingerprint density at radius 1 is 1.45 bits per heavy atom. The van der Waals surface area contributed by atoms with Crippen LogP contribution in [-0.4, -0.2) is 30.4 Å². The van der Waals surface area contributed by atoms with E-state index in [9.17, 15) is 4.79 Å². The average molecular weight is 315 g/mol. The summed E-state index contributed by atoms with van der Waals surface area (Å²) < 4.78 is 0. The summed E-state index contributed by atoms with van der Waals surface area (Å²) in [7, 11) is 0. The summed E-state index contributed by atoms with van der Waals surface area (Å²) in [5.74, 6) is 0.594. The van der Waals surface area contributed by atoms with Gasteiger partial charge in [0.2, 0.25) is 5.91 Å². The lowest BCUT2D eigenvalue weighted by atomic mass is 10.0. The van der Waals surface area contributed by atoms with Crippen molar-refractivity contribution in [3.8, 4) is 0 Å². The van der Waals surface area contributed by atoms with Crippen LogP contribution in [0.2, 0.25) is 10.0 Å². The summed E-state index contributed by atoms with van der Waals surface area (Å²) in [6.45, 7) is 6.46. The Bertz CT molecular complexity index is 505. The first-order chi connectivity index (χ1) is 9.47. The van der Waals surface area contributed by atoms with E-state index in [0.29, 0.717) is 28.2 Å². The van der Waals surface area contributed by atoms with E-state index in [-0.39, 0.29) is 5.91 Å². The predicted molar refractivity (Wildman–Crippen MR) is 84.7 cm³/mol. The summed E-state index contributed by atoms with van der Waals surface area (Å²) in [6.07, 6.45) is 2.40. The summed E-state index contributed by atoms with van der Waals surface area (Å²) in [4.78, 5) is 14.3. The smallest absolute Gasteiger partial charge is 0.238 e. The number of halogens is 2. The minimum absolute atomic E-state index is 0.0616. The molecule has 1 fully saturated rings. The second-order valence-corrected chi connectivity index (χ2v) is 6.37. The molecule has 0 radical (unpaired) electrons. The Hall–Kier alpha value is -0.770. The third kappa shape index (κ3) is 3.87. The number of likely N-dealkylation sites (tertiary alicyclic amines) is 1. The van der Waals surface area contributed by atoms with Crippen molar-refractivity contribution in [3.05, 3.63) is 27.7 Å². The minimum atomic E-state index is -0.0616. The van der Waals surface area contributed by atoms with Gasteiger partial charge in [-0.15, -0.1) is 0 Å². The van der Waals surface area contributed by atoms with Gasteiger partial charge in [-0.3, -0.25) is 9.69 Å². The largest absolute Gasteiger partial charge is 0.322 e. The lowest BCUT2D eigenvalue weighted by molar-refractivity contribution is -0.117. The molecule has 3 nitrogen and oxygen atoms in total. The van der Waals surface area contributed by atoms with Gasteiger partial charge in [0.15, 0.2) is 0 Å². The quantitative estimate of drug-likeness (QED) is 0.915. The number of hydrogen-bond acceptors (Lipinski definition) is 2. The fourth-order valence-corrected chi connectivity index (χ4v) is 3.05. The third-order valence-corrected chi connectivity index (χ3v) is 4.46. The summed E-state index contributed by atoms with van der Waals surface area (Å²) in [6, 6.07) is 3.59. The molecular weight excluding hydrogens is 295 g/mol. The maximum absolute atomic E-state index is 12.1. The lowest BCUT2D eigenvalue weighted by Crippen LogP contribution is -2.39. The molecule has 0 aliphatic carbocycles. The number of aryl methyl sites for hydroxylation is 1. The predicted octanol–water partition coefficient (Wildman–Crippen LogP) is 3.97. The standard InChI is InChI=1S/C15H20Cl2N2O/c1-10-4-3-7-19(8-10)9-13(20)18-15-12(16)6-5-11(2)14(15)17/h5-6,10H,3-4,7-9H2,1-2H3,(H,18,20)/t10-/m0/s1. The van der Waals surface area contributed by atoms with Crippen LogP contribution in [0.1, 0.15) is 25.3 Å². The molecule has 1 aromatic carbocycles. The molecule has 1 atom stereocenters. The minimum Gasteiger partial charge on any atom is -0.322 e. The normalized spacial score (nSPS) is 19.9. The van der Waals surface area contributed by atoms with Gasteiger partial charge in [-0.05, 0) is 43.9 Å². The molecule has 1 aliphatic heterocycles. The number of carbonyl (C=O) groups excluding carboxylic acids is 1. The molecule has 1 aromatic rings. The number of nitrogens with zero attached hydrogens (tertiary/aromatic N) is 1. The maximum atomic E-state index is 12.1. The zero-order valence-electron chi connectivity index (χ0n) is 11.9. The van der Waals surface area contributed by atoms with Crippen LogP contribution in [0.25, 0.3) is 0 Å². The number of benzene rings is 1. The maximum Gasteiger partial charge on any atom is 0.238 e. The molecule has 1 saturated heterocycles. The highest BCUT2D eigenvalue weighted by Crippen LogP contribution is 2.32. The fraction of sp³-hybridized carbons (Fsp3) is 0.533. The van der Waals surface area contributed by atoms with Gasteiger partial charge in [-0.1, -0.05) is 36.2 Å². The van der Waals surface area contributed by atoms with Gasteiger partial charge in [0.05, 0.1) is 22.3 Å². The van der Waals surface area contributed by atoms with Crippen LogP contribution in [0.5, 0.6) is 0 Å². The molecule has 1 amide bonds. The molecule has 1 heterocycles. The van der Waals surface area contributed by atoms with Gasteiger partial charge < -0.3 is 5.32 Å². The zero-order chi connectivity index (χ0) is 14.7. The highest BCUT2D eigenvalue weighted by Gasteiger charge is 2.19. The van der Waals surface area contributed by atoms with Crippen molar-refractivity contribution in [2.45, 2.75) is 26.7 Å². The number of amides is 1. The number of carbonyl (C=O) groups is 1. The fourth-order valence-electron chi connectivity index (χ4n) is 2.58. The SMILES string of the molecule is Cc1ccc(Cl)c(NC(=O)CN2CCC[C@H](C)C2)c1Cl. The van der Waals surface area contributed by atoms with E-state index in [4.69, 9.17) is 23.2 Å². The van der Waals surface area contributed by atoms with Crippen molar-refractivity contribution in [3.63, 3.8) is 0 Å². The molecule has 110 valence electrons. The monoisotopic (exact) mass is 314 g/mol. The third-order valence-electron chi connectivity index (χ3n) is 3.66. The Balaban J connectivity index is 2.00. The van der Waals surface area contributed by atoms with E-state index in [0.717, 1.165) is 25.1 Å². The van der Waals surface area contributed by atoms with Crippen molar-refractivity contribution in [1.82, 2.24) is 4.90 Å². The Kier molecular flexibility index (Phi) is 5.30. The van der Waals surface area contributed by atoms with Crippen molar-refractivity contribution in [2.75, 3.05) is 25.0 Å². The van der Waals surface area contributed by atoms with Gasteiger partial charge in [0.25, 0.3) is 0 Å². The number of hydrogen-bond donors (Lipinski definition) is 1. The van der Waals surface area contributed by atoms with Crippen LogP contribution >= 0.6 is 23.2 Å². The lowest BCUT2D eigenvalue weighted by Gasteiger charge is -2.30. The highest BCUT2D eigenvalue weighted by atomic mass is 35.5. The molecule has 0 saturated carbocycles. The molecular formula is C15H20Cl2N2O. The summed E-state index contributed by atoms with van der Waals surface area (Å²) >= 11 is 12.3. The topological polar surface area (TPSA) is 32.3 Å². The number of anilines is 1. The molecule has 0 aromatic heterocycles. The van der Waals surface area contributed by atoms with Crippen molar-refractivity contribution < 1.29 is 4.79 Å². The van der Waals surface area contributed by atoms with Crippen molar-refractivity contribution in [1.29, 1.82) is 0 Å². The van der Waals surface area contributed by atoms with Crippen LogP contribution in [0.3, 0.4) is 0 Å². The van der Waals surface area contributed by atoms with Gasteiger partial charge in [0.1, 0.15) is 0 Å². The molecule has 1 aliphatic rings.